The number of hydrogen-bond acceptors (Lipinski definition) is 5. The van der Waals surface area contributed by atoms with Gasteiger partial charge in [0.1, 0.15) is 17.3 Å². The number of para-hydroxylation sites is 1. The van der Waals surface area contributed by atoms with Gasteiger partial charge in [0.2, 0.25) is 0 Å². The van der Waals surface area contributed by atoms with Gasteiger partial charge in [-0.25, -0.2) is 9.97 Å². The van der Waals surface area contributed by atoms with E-state index in [1.54, 1.807) is 0 Å². The molecule has 69 heavy (non-hydrogen) atoms. The third kappa shape index (κ3) is 6.86. The molecule has 0 aliphatic carbocycles. The summed E-state index contributed by atoms with van der Waals surface area (Å²) in [7, 11) is 2.11. The molecule has 4 aromatic heterocycles. The summed E-state index contributed by atoms with van der Waals surface area (Å²) in [5.41, 5.74) is 18.6. The molecule has 0 saturated carbocycles. The zero-order valence-electron chi connectivity index (χ0n) is 40.5. The Morgan fingerprint density at radius 3 is 1.81 bits per heavy atom. The first-order valence-corrected chi connectivity index (χ1v) is 23.9. The number of fused-ring (bicyclic) bond motifs is 7. The van der Waals surface area contributed by atoms with Gasteiger partial charge in [-0.15, -0.1) is 0 Å². The average molecular weight is 899 g/mol. The average Bonchev–Trinajstić information content (AvgIpc) is 4.00. The molecule has 7 nitrogen and oxygen atoms in total. The maximum atomic E-state index is 6.96. The quantitative estimate of drug-likeness (QED) is 0.160. The van der Waals surface area contributed by atoms with Crippen LogP contribution in [-0.4, -0.2) is 32.8 Å². The van der Waals surface area contributed by atoms with E-state index in [-0.39, 0.29) is 5.41 Å². The molecule has 0 bridgehead atoms. The zero-order chi connectivity index (χ0) is 47.3. The molecule has 12 rings (SSSR count). The van der Waals surface area contributed by atoms with Gasteiger partial charge in [-0.1, -0.05) is 112 Å². The third-order valence-corrected chi connectivity index (χ3v) is 14.2. The van der Waals surface area contributed by atoms with Crippen LogP contribution in [0.2, 0.25) is 0 Å². The summed E-state index contributed by atoms with van der Waals surface area (Å²) in [6, 6.07) is 56.8. The van der Waals surface area contributed by atoms with Crippen molar-refractivity contribution in [2.75, 3.05) is 23.5 Å². The fourth-order valence-corrected chi connectivity index (χ4v) is 11.1. The van der Waals surface area contributed by atoms with E-state index in [1.807, 2.05) is 18.5 Å². The lowest BCUT2D eigenvalue weighted by Gasteiger charge is -2.25. The molecular weight excluding hydrogens is 845 g/mol. The molecule has 0 N–H and O–H groups in total. The van der Waals surface area contributed by atoms with E-state index in [1.165, 1.54) is 71.9 Å². The molecule has 7 heteroatoms. The van der Waals surface area contributed by atoms with Crippen LogP contribution in [0, 0.1) is 27.7 Å². The van der Waals surface area contributed by atoms with Gasteiger partial charge >= 0.3 is 0 Å². The summed E-state index contributed by atoms with van der Waals surface area (Å²) >= 11 is 0. The van der Waals surface area contributed by atoms with Gasteiger partial charge in [-0.2, -0.15) is 0 Å². The van der Waals surface area contributed by atoms with Crippen LogP contribution in [0.25, 0.3) is 77.4 Å². The highest BCUT2D eigenvalue weighted by molar-refractivity contribution is 6.20. The minimum atomic E-state index is -0.116. The highest BCUT2D eigenvalue weighted by atomic mass is 16.5. The number of pyridine rings is 2. The fourth-order valence-electron chi connectivity index (χ4n) is 11.1. The molecule has 11 aromatic rings. The van der Waals surface area contributed by atoms with Crippen molar-refractivity contribution < 1.29 is 4.74 Å². The number of benzene rings is 7. The maximum Gasteiger partial charge on any atom is 0.158 e. The van der Waals surface area contributed by atoms with E-state index in [2.05, 4.69) is 226 Å². The Kier molecular flexibility index (Phi) is 9.78. The number of aryl methyl sites for hydroxylation is 4. The second-order valence-electron chi connectivity index (χ2n) is 19.9. The van der Waals surface area contributed by atoms with Gasteiger partial charge in [0.15, 0.2) is 5.82 Å². The number of aromatic nitrogens is 4. The van der Waals surface area contributed by atoms with Gasteiger partial charge in [-0.3, -0.25) is 4.57 Å². The predicted molar refractivity (Wildman–Crippen MR) is 288 cm³/mol. The third-order valence-electron chi connectivity index (χ3n) is 14.2. The summed E-state index contributed by atoms with van der Waals surface area (Å²) in [6.45, 7) is 16.5. The molecule has 5 heterocycles. The van der Waals surface area contributed by atoms with E-state index in [0.717, 1.165) is 62.0 Å². The molecular formula is C62H54N6O. The standard InChI is InChI=1S/C62H54N6O/c1-38-30-40(3)57-58-41(4)31-39(2)56(43-20-13-10-14-21-43)60(58)67(59(57)55(38)42-18-11-9-12-19-42)45-27-29-63-54(35-45)68-51-23-16-15-22-49(51)50-26-25-47(36-53(50)68)69-48-33-44(62(5,6)7)32-46(34-48)66-37-65(8)52-24-17-28-64-61(52)66/h9-36H,37H2,1-8H3. The Balaban J connectivity index is 1.07. The largest absolute Gasteiger partial charge is 0.457 e. The van der Waals surface area contributed by atoms with Crippen molar-refractivity contribution in [1.82, 2.24) is 19.1 Å². The molecule has 0 amide bonds. The van der Waals surface area contributed by atoms with E-state index in [9.17, 15) is 0 Å². The Hall–Kier alpha value is -8.16. The minimum absolute atomic E-state index is 0.116. The molecule has 7 aromatic carbocycles. The monoisotopic (exact) mass is 898 g/mol. The summed E-state index contributed by atoms with van der Waals surface area (Å²) in [5, 5.41) is 4.83. The van der Waals surface area contributed by atoms with Crippen LogP contribution in [0.3, 0.4) is 0 Å². The Morgan fingerprint density at radius 2 is 1.14 bits per heavy atom. The molecule has 338 valence electrons. The van der Waals surface area contributed by atoms with Gasteiger partial charge in [0.05, 0.1) is 40.1 Å². The first kappa shape index (κ1) is 42.2. The molecule has 0 saturated heterocycles. The summed E-state index contributed by atoms with van der Waals surface area (Å²) in [4.78, 5) is 14.5. The van der Waals surface area contributed by atoms with Crippen molar-refractivity contribution in [3.05, 3.63) is 198 Å². The van der Waals surface area contributed by atoms with Crippen LogP contribution in [0.1, 0.15) is 48.6 Å². The van der Waals surface area contributed by atoms with E-state index in [4.69, 9.17) is 14.7 Å². The van der Waals surface area contributed by atoms with E-state index < -0.39 is 0 Å². The lowest BCUT2D eigenvalue weighted by atomic mass is 9.86. The highest BCUT2D eigenvalue weighted by Crippen LogP contribution is 2.48. The lowest BCUT2D eigenvalue weighted by molar-refractivity contribution is 0.479. The van der Waals surface area contributed by atoms with Crippen LogP contribution in [0.4, 0.5) is 17.2 Å². The van der Waals surface area contributed by atoms with Crippen molar-refractivity contribution in [3.8, 4) is 45.3 Å². The van der Waals surface area contributed by atoms with Crippen LogP contribution in [-0.2, 0) is 5.41 Å². The second kappa shape index (κ2) is 16.0. The number of nitrogens with zero attached hydrogens (tertiary/aromatic N) is 6. The molecule has 1 aliphatic rings. The van der Waals surface area contributed by atoms with Crippen molar-refractivity contribution in [1.29, 1.82) is 0 Å². The van der Waals surface area contributed by atoms with Crippen molar-refractivity contribution in [2.45, 2.75) is 53.9 Å². The maximum absolute atomic E-state index is 6.96. The van der Waals surface area contributed by atoms with Gasteiger partial charge in [0.25, 0.3) is 0 Å². The lowest BCUT2D eigenvalue weighted by Crippen LogP contribution is -2.24. The molecule has 0 fully saturated rings. The fraction of sp³-hybridized carbons (Fsp3) is 0.161. The van der Waals surface area contributed by atoms with Crippen molar-refractivity contribution in [3.63, 3.8) is 0 Å². The summed E-state index contributed by atoms with van der Waals surface area (Å²) < 4.78 is 11.8. The second-order valence-corrected chi connectivity index (χ2v) is 19.9. The number of ether oxygens (including phenoxy) is 1. The van der Waals surface area contributed by atoms with Gasteiger partial charge < -0.3 is 19.1 Å². The van der Waals surface area contributed by atoms with Gasteiger partial charge in [-0.05, 0) is 121 Å². The molecule has 0 radical (unpaired) electrons. The normalized spacial score (nSPS) is 12.8. The smallest absolute Gasteiger partial charge is 0.158 e. The van der Waals surface area contributed by atoms with E-state index >= 15 is 0 Å². The number of anilines is 3. The SMILES string of the molecule is Cc1cc(C)c2c3c(C)cc(C)c(-c4ccccc4)c3n(-c3ccnc(-n4c5ccccc5c5ccc(Oc6cc(N7CN(C)c8cccnc87)cc(C(C)(C)C)c6)cc54)c3)c2c1-c1ccccc1. The van der Waals surface area contributed by atoms with Crippen LogP contribution >= 0.6 is 0 Å². The zero-order valence-corrected chi connectivity index (χ0v) is 40.5. The van der Waals surface area contributed by atoms with Gasteiger partial charge in [0, 0.05) is 76.0 Å². The van der Waals surface area contributed by atoms with E-state index in [0.29, 0.717) is 6.67 Å². The van der Waals surface area contributed by atoms with Crippen molar-refractivity contribution in [2.24, 2.45) is 0 Å². The van der Waals surface area contributed by atoms with Crippen molar-refractivity contribution >= 4 is 60.8 Å². The summed E-state index contributed by atoms with van der Waals surface area (Å²) in [6.07, 6.45) is 3.84. The first-order valence-electron chi connectivity index (χ1n) is 23.9. The Labute approximate surface area is 403 Å². The first-order chi connectivity index (χ1) is 33.4. The molecule has 0 atom stereocenters. The van der Waals surface area contributed by atoms with Crippen LogP contribution in [0.15, 0.2) is 170 Å². The molecule has 0 spiro atoms. The topological polar surface area (TPSA) is 51.4 Å². The summed E-state index contributed by atoms with van der Waals surface area (Å²) in [5.74, 6) is 3.29. The molecule has 1 aliphatic heterocycles. The number of hydrogen-bond donors (Lipinski definition) is 0. The molecule has 0 unspecified atom stereocenters. The van der Waals surface area contributed by atoms with Crippen LogP contribution < -0.4 is 14.5 Å². The minimum Gasteiger partial charge on any atom is -0.457 e. The van der Waals surface area contributed by atoms with Crippen LogP contribution in [0.5, 0.6) is 11.5 Å². The number of rotatable bonds is 7. The Bertz CT molecular complexity index is 3730. The Morgan fingerprint density at radius 1 is 0.507 bits per heavy atom. The predicted octanol–water partition coefficient (Wildman–Crippen LogP) is 15.9. The highest BCUT2D eigenvalue weighted by Gasteiger charge is 2.29.